The Morgan fingerprint density at radius 2 is 1.83 bits per heavy atom. The molecule has 1 amide bonds. The van der Waals surface area contributed by atoms with Crippen LogP contribution in [0.2, 0.25) is 0 Å². The molecule has 0 bridgehead atoms. The predicted octanol–water partition coefficient (Wildman–Crippen LogP) is 3.12. The molecule has 1 aliphatic heterocycles. The van der Waals surface area contributed by atoms with Crippen LogP contribution < -0.4 is 5.73 Å². The van der Waals surface area contributed by atoms with Gasteiger partial charge in [0.25, 0.3) is 0 Å². The van der Waals surface area contributed by atoms with E-state index in [9.17, 15) is 4.79 Å². The van der Waals surface area contributed by atoms with Crippen molar-refractivity contribution in [2.24, 2.45) is 5.73 Å². The van der Waals surface area contributed by atoms with Gasteiger partial charge in [-0.2, -0.15) is 0 Å². The molecule has 0 aliphatic carbocycles. The third kappa shape index (κ3) is 3.74. The molecule has 0 radical (unpaired) electrons. The maximum Gasteiger partial charge on any atom is 0.239 e. The summed E-state index contributed by atoms with van der Waals surface area (Å²) in [5.41, 5.74) is 9.69. The maximum absolute atomic E-state index is 12.5. The van der Waals surface area contributed by atoms with E-state index < -0.39 is 6.04 Å². The Morgan fingerprint density at radius 3 is 2.52 bits per heavy atom. The van der Waals surface area contributed by atoms with Gasteiger partial charge in [-0.1, -0.05) is 54.6 Å². The van der Waals surface area contributed by atoms with E-state index in [0.717, 1.165) is 19.4 Å². The number of hydrogen-bond acceptors (Lipinski definition) is 2. The Balaban J connectivity index is 0.00000192. The first kappa shape index (κ1) is 17.5. The second-order valence-electron chi connectivity index (χ2n) is 5.97. The average Bonchev–Trinajstić information content (AvgIpc) is 2.55. The number of hydrogen-bond donors (Lipinski definition) is 1. The summed E-state index contributed by atoms with van der Waals surface area (Å²) in [6, 6.07) is 18.4. The van der Waals surface area contributed by atoms with Gasteiger partial charge in [-0.3, -0.25) is 4.79 Å². The SMILES string of the molecule is CC(N)C(=O)N1CCc2ccccc2C1Cc1ccccc1.Cl. The summed E-state index contributed by atoms with van der Waals surface area (Å²) >= 11 is 0. The molecule has 2 N–H and O–H groups in total. The van der Waals surface area contributed by atoms with Crippen LogP contribution in [0.5, 0.6) is 0 Å². The minimum Gasteiger partial charge on any atom is -0.334 e. The Morgan fingerprint density at radius 1 is 1.17 bits per heavy atom. The lowest BCUT2D eigenvalue weighted by Crippen LogP contribution is -2.47. The van der Waals surface area contributed by atoms with Crippen LogP contribution in [0.3, 0.4) is 0 Å². The fourth-order valence-corrected chi connectivity index (χ4v) is 3.23. The zero-order chi connectivity index (χ0) is 15.5. The first-order valence-corrected chi connectivity index (χ1v) is 7.84. The predicted molar refractivity (Wildman–Crippen MR) is 95.6 cm³/mol. The van der Waals surface area contributed by atoms with E-state index in [0.29, 0.717) is 0 Å². The summed E-state index contributed by atoms with van der Waals surface area (Å²) in [4.78, 5) is 14.5. The largest absolute Gasteiger partial charge is 0.334 e. The molecule has 4 heteroatoms. The number of fused-ring (bicyclic) bond motifs is 1. The van der Waals surface area contributed by atoms with E-state index in [1.165, 1.54) is 16.7 Å². The van der Waals surface area contributed by atoms with Crippen molar-refractivity contribution in [2.45, 2.75) is 31.8 Å². The number of amides is 1. The first-order chi connectivity index (χ1) is 10.7. The highest BCUT2D eigenvalue weighted by atomic mass is 35.5. The van der Waals surface area contributed by atoms with E-state index >= 15 is 0 Å². The van der Waals surface area contributed by atoms with E-state index in [4.69, 9.17) is 5.73 Å². The Bertz CT molecular complexity index is 657. The lowest BCUT2D eigenvalue weighted by molar-refractivity contribution is -0.135. The summed E-state index contributed by atoms with van der Waals surface area (Å²) in [6.45, 7) is 2.51. The standard InChI is InChI=1S/C19H22N2O.ClH/c1-14(20)19(22)21-12-11-16-9-5-6-10-17(16)18(21)13-15-7-3-2-4-8-15;/h2-10,14,18H,11-13,20H2,1H3;1H. The molecule has 0 saturated carbocycles. The minimum atomic E-state index is -0.455. The fraction of sp³-hybridized carbons (Fsp3) is 0.316. The number of carbonyl (C=O) groups excluding carboxylic acids is 1. The first-order valence-electron chi connectivity index (χ1n) is 7.84. The topological polar surface area (TPSA) is 46.3 Å². The lowest BCUT2D eigenvalue weighted by Gasteiger charge is -2.38. The van der Waals surface area contributed by atoms with Gasteiger partial charge in [0.15, 0.2) is 0 Å². The van der Waals surface area contributed by atoms with Crippen LogP contribution in [-0.4, -0.2) is 23.4 Å². The molecule has 0 fully saturated rings. The highest BCUT2D eigenvalue weighted by Crippen LogP contribution is 2.32. The molecule has 2 aromatic carbocycles. The van der Waals surface area contributed by atoms with Crippen molar-refractivity contribution < 1.29 is 4.79 Å². The average molecular weight is 331 g/mol. The Hall–Kier alpha value is -1.84. The molecule has 2 atom stereocenters. The number of nitrogens with two attached hydrogens (primary N) is 1. The molecule has 3 nitrogen and oxygen atoms in total. The molecule has 3 rings (SSSR count). The van der Waals surface area contributed by atoms with Gasteiger partial charge in [-0.05, 0) is 36.5 Å². The number of halogens is 1. The number of nitrogens with zero attached hydrogens (tertiary/aromatic N) is 1. The van der Waals surface area contributed by atoms with Crippen molar-refractivity contribution >= 4 is 18.3 Å². The van der Waals surface area contributed by atoms with Crippen molar-refractivity contribution in [1.82, 2.24) is 4.90 Å². The summed E-state index contributed by atoms with van der Waals surface area (Å²) in [6.07, 6.45) is 1.73. The molecular weight excluding hydrogens is 308 g/mol. The maximum atomic E-state index is 12.5. The third-order valence-corrected chi connectivity index (χ3v) is 4.36. The Kier molecular flexibility index (Phi) is 5.80. The van der Waals surface area contributed by atoms with Gasteiger partial charge >= 0.3 is 0 Å². The molecule has 0 saturated heterocycles. The lowest BCUT2D eigenvalue weighted by atomic mass is 9.88. The van der Waals surface area contributed by atoms with Crippen molar-refractivity contribution in [2.75, 3.05) is 6.54 Å². The number of benzene rings is 2. The quantitative estimate of drug-likeness (QED) is 0.939. The van der Waals surface area contributed by atoms with Crippen molar-refractivity contribution in [3.8, 4) is 0 Å². The van der Waals surface area contributed by atoms with Gasteiger partial charge in [0.1, 0.15) is 0 Å². The second kappa shape index (κ2) is 7.62. The molecule has 23 heavy (non-hydrogen) atoms. The molecule has 122 valence electrons. The van der Waals surface area contributed by atoms with Gasteiger partial charge in [0.05, 0.1) is 12.1 Å². The van der Waals surface area contributed by atoms with Crippen LogP contribution in [-0.2, 0) is 17.6 Å². The number of carbonyl (C=O) groups is 1. The summed E-state index contributed by atoms with van der Waals surface area (Å²) in [5, 5.41) is 0. The van der Waals surface area contributed by atoms with Gasteiger partial charge in [-0.25, -0.2) is 0 Å². The van der Waals surface area contributed by atoms with Gasteiger partial charge < -0.3 is 10.6 Å². The van der Waals surface area contributed by atoms with E-state index in [1.54, 1.807) is 6.92 Å². The zero-order valence-electron chi connectivity index (χ0n) is 13.3. The van der Waals surface area contributed by atoms with Gasteiger partial charge in [0, 0.05) is 6.54 Å². The third-order valence-electron chi connectivity index (χ3n) is 4.36. The molecule has 1 heterocycles. The minimum absolute atomic E-state index is 0. The molecule has 2 aromatic rings. The van der Waals surface area contributed by atoms with Crippen LogP contribution in [0.4, 0.5) is 0 Å². The highest BCUT2D eigenvalue weighted by Gasteiger charge is 2.31. The van der Waals surface area contributed by atoms with Crippen molar-refractivity contribution in [3.05, 3.63) is 71.3 Å². The summed E-state index contributed by atoms with van der Waals surface area (Å²) in [7, 11) is 0. The van der Waals surface area contributed by atoms with Gasteiger partial charge in [-0.15, -0.1) is 12.4 Å². The van der Waals surface area contributed by atoms with Crippen LogP contribution in [0.1, 0.15) is 29.7 Å². The molecule has 0 spiro atoms. The van der Waals surface area contributed by atoms with Crippen LogP contribution in [0.15, 0.2) is 54.6 Å². The van der Waals surface area contributed by atoms with E-state index in [1.807, 2.05) is 23.1 Å². The van der Waals surface area contributed by atoms with Crippen molar-refractivity contribution in [1.29, 1.82) is 0 Å². The van der Waals surface area contributed by atoms with Crippen LogP contribution in [0.25, 0.3) is 0 Å². The molecule has 1 aliphatic rings. The molecule has 2 unspecified atom stereocenters. The van der Waals surface area contributed by atoms with E-state index in [2.05, 4.69) is 36.4 Å². The molecule has 0 aromatic heterocycles. The van der Waals surface area contributed by atoms with Crippen LogP contribution in [0, 0.1) is 0 Å². The second-order valence-corrected chi connectivity index (χ2v) is 5.97. The van der Waals surface area contributed by atoms with Crippen LogP contribution >= 0.6 is 12.4 Å². The van der Waals surface area contributed by atoms with Crippen molar-refractivity contribution in [3.63, 3.8) is 0 Å². The van der Waals surface area contributed by atoms with E-state index in [-0.39, 0.29) is 24.4 Å². The zero-order valence-corrected chi connectivity index (χ0v) is 14.1. The summed E-state index contributed by atoms with van der Waals surface area (Å²) < 4.78 is 0. The number of rotatable bonds is 3. The highest BCUT2D eigenvalue weighted by molar-refractivity contribution is 5.85. The smallest absolute Gasteiger partial charge is 0.239 e. The molecular formula is C19H23ClN2O. The monoisotopic (exact) mass is 330 g/mol. The fourth-order valence-electron chi connectivity index (χ4n) is 3.23. The summed E-state index contributed by atoms with van der Waals surface area (Å²) in [5.74, 6) is 0.0374. The van der Waals surface area contributed by atoms with Gasteiger partial charge in [0.2, 0.25) is 5.91 Å². The Labute approximate surface area is 143 Å². The normalized spacial score (nSPS) is 17.8.